The number of anilines is 1. The van der Waals surface area contributed by atoms with Crippen molar-refractivity contribution in [2.75, 3.05) is 26.6 Å². The van der Waals surface area contributed by atoms with Gasteiger partial charge in [-0.05, 0) is 11.6 Å². The number of ether oxygens (including phenoxy) is 2. The minimum atomic E-state index is -0.477. The van der Waals surface area contributed by atoms with E-state index in [1.807, 2.05) is 0 Å². The van der Waals surface area contributed by atoms with E-state index >= 15 is 0 Å². The first kappa shape index (κ1) is 18.6. The van der Waals surface area contributed by atoms with Gasteiger partial charge in [0, 0.05) is 48.8 Å². The topological polar surface area (TPSA) is 116 Å². The number of aromatic nitrogens is 3. The standard InChI is InChI=1S/C18H17N5O3S/c1-25-6-5-23-9-14(22-15(23)7-19)12-8-21-4-3-11(12)13-10-27-17(16(13)20)18(24)26-2/h3-4,8-10H,5-6,20H2,1-2H3. The number of nitrogens with two attached hydrogens (primary N) is 1. The number of nitrogens with zero attached hydrogens (tertiary/aromatic N) is 4. The summed E-state index contributed by atoms with van der Waals surface area (Å²) in [5.41, 5.74) is 9.30. The van der Waals surface area contributed by atoms with Crippen molar-refractivity contribution in [3.05, 3.63) is 40.7 Å². The number of esters is 1. The number of carbonyl (C=O) groups is 1. The van der Waals surface area contributed by atoms with E-state index in [4.69, 9.17) is 15.2 Å². The molecule has 8 nitrogen and oxygen atoms in total. The molecule has 0 saturated heterocycles. The van der Waals surface area contributed by atoms with Crippen LogP contribution in [0.1, 0.15) is 15.5 Å². The van der Waals surface area contributed by atoms with Gasteiger partial charge in [0.15, 0.2) is 0 Å². The number of rotatable bonds is 6. The van der Waals surface area contributed by atoms with Crippen LogP contribution in [-0.2, 0) is 16.0 Å². The van der Waals surface area contributed by atoms with E-state index in [1.54, 1.807) is 41.7 Å². The van der Waals surface area contributed by atoms with E-state index in [9.17, 15) is 10.1 Å². The Bertz CT molecular complexity index is 1020. The summed E-state index contributed by atoms with van der Waals surface area (Å²) in [6, 6.07) is 3.88. The van der Waals surface area contributed by atoms with E-state index < -0.39 is 5.97 Å². The summed E-state index contributed by atoms with van der Waals surface area (Å²) in [6.45, 7) is 0.972. The molecule has 138 valence electrons. The van der Waals surface area contributed by atoms with Crippen LogP contribution in [0.15, 0.2) is 30.0 Å². The summed E-state index contributed by atoms with van der Waals surface area (Å²) < 4.78 is 11.6. The lowest BCUT2D eigenvalue weighted by Gasteiger charge is -2.07. The van der Waals surface area contributed by atoms with E-state index in [1.165, 1.54) is 18.4 Å². The maximum Gasteiger partial charge on any atom is 0.350 e. The first-order valence-electron chi connectivity index (χ1n) is 7.97. The van der Waals surface area contributed by atoms with Crippen LogP contribution in [0.3, 0.4) is 0 Å². The zero-order valence-electron chi connectivity index (χ0n) is 14.8. The SMILES string of the molecule is COCCn1cc(-c2cnccc2-c2csc(C(=O)OC)c2N)nc1C#N. The molecule has 0 aliphatic carbocycles. The molecule has 0 radical (unpaired) electrons. The molecule has 0 unspecified atom stereocenters. The highest BCUT2D eigenvalue weighted by molar-refractivity contribution is 7.13. The van der Waals surface area contributed by atoms with Crippen LogP contribution >= 0.6 is 11.3 Å². The average Bonchev–Trinajstić information content (AvgIpc) is 3.29. The lowest BCUT2D eigenvalue weighted by molar-refractivity contribution is 0.0607. The quantitative estimate of drug-likeness (QED) is 0.650. The van der Waals surface area contributed by atoms with Crippen molar-refractivity contribution < 1.29 is 14.3 Å². The lowest BCUT2D eigenvalue weighted by Crippen LogP contribution is -2.05. The third-order valence-electron chi connectivity index (χ3n) is 4.00. The Balaban J connectivity index is 2.08. The predicted octanol–water partition coefficient (Wildman–Crippen LogP) is 2.56. The van der Waals surface area contributed by atoms with Crippen LogP contribution in [-0.4, -0.2) is 41.3 Å². The second kappa shape index (κ2) is 7.99. The third-order valence-corrected chi connectivity index (χ3v) is 4.98. The molecule has 0 amide bonds. The lowest BCUT2D eigenvalue weighted by atomic mass is 10.0. The first-order chi connectivity index (χ1) is 13.1. The average molecular weight is 383 g/mol. The largest absolute Gasteiger partial charge is 0.465 e. The summed E-state index contributed by atoms with van der Waals surface area (Å²) in [7, 11) is 2.91. The smallest absolute Gasteiger partial charge is 0.350 e. The van der Waals surface area contributed by atoms with Crippen molar-refractivity contribution in [3.63, 3.8) is 0 Å². The number of hydrogen-bond donors (Lipinski definition) is 1. The summed E-state index contributed by atoms with van der Waals surface area (Å²) in [5, 5.41) is 11.1. The molecule has 9 heteroatoms. The number of carbonyl (C=O) groups excluding carboxylic acids is 1. The molecule has 0 aliphatic rings. The summed E-state index contributed by atoms with van der Waals surface area (Å²) in [5.74, 6) is -0.194. The summed E-state index contributed by atoms with van der Waals surface area (Å²) >= 11 is 1.22. The molecule has 3 aromatic rings. The number of thiophene rings is 1. The molecule has 0 aliphatic heterocycles. The monoisotopic (exact) mass is 383 g/mol. The highest BCUT2D eigenvalue weighted by Gasteiger charge is 2.20. The van der Waals surface area contributed by atoms with Gasteiger partial charge in [0.1, 0.15) is 10.9 Å². The number of methoxy groups -OCH3 is 2. The Morgan fingerprint density at radius 3 is 2.89 bits per heavy atom. The van der Waals surface area contributed by atoms with E-state index in [2.05, 4.69) is 16.0 Å². The number of hydrogen-bond acceptors (Lipinski definition) is 8. The van der Waals surface area contributed by atoms with Crippen LogP contribution in [0.25, 0.3) is 22.4 Å². The van der Waals surface area contributed by atoms with Crippen molar-refractivity contribution in [1.29, 1.82) is 5.26 Å². The van der Waals surface area contributed by atoms with Gasteiger partial charge in [-0.3, -0.25) is 4.98 Å². The maximum absolute atomic E-state index is 11.9. The van der Waals surface area contributed by atoms with Gasteiger partial charge in [0.05, 0.1) is 25.1 Å². The molecule has 0 aromatic carbocycles. The molecule has 3 heterocycles. The summed E-state index contributed by atoms with van der Waals surface area (Å²) in [6.07, 6.45) is 5.08. The van der Waals surface area contributed by atoms with Crippen molar-refractivity contribution >= 4 is 23.0 Å². The van der Waals surface area contributed by atoms with Gasteiger partial charge in [-0.25, -0.2) is 9.78 Å². The molecule has 0 bridgehead atoms. The van der Waals surface area contributed by atoms with Gasteiger partial charge in [-0.15, -0.1) is 11.3 Å². The van der Waals surface area contributed by atoms with Gasteiger partial charge in [-0.2, -0.15) is 5.26 Å². The molecule has 0 saturated carbocycles. The van der Waals surface area contributed by atoms with Gasteiger partial charge in [0.2, 0.25) is 5.82 Å². The number of nitrogen functional groups attached to an aromatic ring is 1. The molecular formula is C18H17N5O3S. The zero-order chi connectivity index (χ0) is 19.4. The Morgan fingerprint density at radius 2 is 2.19 bits per heavy atom. The predicted molar refractivity (Wildman–Crippen MR) is 101 cm³/mol. The molecule has 3 rings (SSSR count). The molecule has 3 aromatic heterocycles. The van der Waals surface area contributed by atoms with Crippen LogP contribution in [0.2, 0.25) is 0 Å². The van der Waals surface area contributed by atoms with Gasteiger partial charge < -0.3 is 19.8 Å². The number of pyridine rings is 1. The Morgan fingerprint density at radius 1 is 1.37 bits per heavy atom. The van der Waals surface area contributed by atoms with Crippen LogP contribution in [0.5, 0.6) is 0 Å². The van der Waals surface area contributed by atoms with Crippen molar-refractivity contribution in [3.8, 4) is 28.5 Å². The van der Waals surface area contributed by atoms with Crippen molar-refractivity contribution in [2.24, 2.45) is 0 Å². The Hall–Kier alpha value is -3.22. The van der Waals surface area contributed by atoms with Gasteiger partial charge >= 0.3 is 5.97 Å². The fraction of sp³-hybridized carbons (Fsp3) is 0.222. The molecule has 27 heavy (non-hydrogen) atoms. The van der Waals surface area contributed by atoms with E-state index in [-0.39, 0.29) is 5.82 Å². The van der Waals surface area contributed by atoms with Crippen molar-refractivity contribution in [1.82, 2.24) is 14.5 Å². The minimum absolute atomic E-state index is 0.283. The fourth-order valence-electron chi connectivity index (χ4n) is 2.65. The Kier molecular flexibility index (Phi) is 5.49. The van der Waals surface area contributed by atoms with Crippen LogP contribution < -0.4 is 5.73 Å². The number of imidazole rings is 1. The normalized spacial score (nSPS) is 10.6. The second-order valence-corrected chi connectivity index (χ2v) is 6.43. The first-order valence-corrected chi connectivity index (χ1v) is 8.84. The minimum Gasteiger partial charge on any atom is -0.465 e. The van der Waals surface area contributed by atoms with Gasteiger partial charge in [0.25, 0.3) is 0 Å². The van der Waals surface area contributed by atoms with Gasteiger partial charge in [-0.1, -0.05) is 0 Å². The Labute approximate surface area is 159 Å². The highest BCUT2D eigenvalue weighted by Crippen LogP contribution is 2.39. The summed E-state index contributed by atoms with van der Waals surface area (Å²) in [4.78, 5) is 20.8. The fourth-order valence-corrected chi connectivity index (χ4v) is 3.56. The molecule has 2 N–H and O–H groups in total. The van der Waals surface area contributed by atoms with Crippen LogP contribution in [0.4, 0.5) is 5.69 Å². The zero-order valence-corrected chi connectivity index (χ0v) is 15.6. The van der Waals surface area contributed by atoms with E-state index in [0.29, 0.717) is 40.5 Å². The number of nitriles is 1. The maximum atomic E-state index is 11.9. The van der Waals surface area contributed by atoms with Crippen molar-refractivity contribution in [2.45, 2.75) is 6.54 Å². The van der Waals surface area contributed by atoms with Crippen LogP contribution in [0, 0.1) is 11.3 Å². The third kappa shape index (κ3) is 3.53. The highest BCUT2D eigenvalue weighted by atomic mass is 32.1. The van der Waals surface area contributed by atoms with E-state index in [0.717, 1.165) is 5.56 Å². The molecule has 0 spiro atoms. The molecular weight excluding hydrogens is 366 g/mol. The molecule has 0 fully saturated rings. The second-order valence-electron chi connectivity index (χ2n) is 5.55. The molecule has 0 atom stereocenters.